The van der Waals surface area contributed by atoms with Gasteiger partial charge >= 0.3 is 12.0 Å². The van der Waals surface area contributed by atoms with Crippen molar-refractivity contribution in [1.29, 1.82) is 0 Å². The van der Waals surface area contributed by atoms with Crippen LogP contribution in [0, 0.1) is 5.82 Å². The monoisotopic (exact) mass is 325 g/mol. The quantitative estimate of drug-likeness (QED) is 0.859. The number of rotatable bonds is 5. The molecule has 1 aromatic carbocycles. The van der Waals surface area contributed by atoms with Crippen molar-refractivity contribution in [3.63, 3.8) is 0 Å². The van der Waals surface area contributed by atoms with E-state index in [9.17, 15) is 14.0 Å². The van der Waals surface area contributed by atoms with Gasteiger partial charge in [-0.3, -0.25) is 4.79 Å². The number of benzene rings is 1. The zero-order valence-corrected chi connectivity index (χ0v) is 12.9. The van der Waals surface area contributed by atoms with E-state index in [1.165, 1.54) is 24.1 Å². The van der Waals surface area contributed by atoms with E-state index in [0.717, 1.165) is 0 Å². The lowest BCUT2D eigenvalue weighted by molar-refractivity contribution is -0.137. The molecule has 0 radical (unpaired) electrons. The molecule has 0 saturated carbocycles. The van der Waals surface area contributed by atoms with Gasteiger partial charge in [0.25, 0.3) is 0 Å². The Morgan fingerprint density at radius 3 is 2.70 bits per heavy atom. The number of carbonyl (C=O) groups is 2. The predicted octanol–water partition coefficient (Wildman–Crippen LogP) is 1.60. The molecule has 0 aliphatic carbocycles. The number of carboxylic acids is 1. The number of amides is 2. The number of carbonyl (C=O) groups excluding carboxylic acids is 1. The lowest BCUT2D eigenvalue weighted by Gasteiger charge is -2.29. The highest BCUT2D eigenvalue weighted by Gasteiger charge is 2.15. The molecule has 126 valence electrons. The third kappa shape index (κ3) is 5.10. The minimum absolute atomic E-state index is 0.0762. The molecule has 7 nitrogen and oxygen atoms in total. The molecular weight excluding hydrogens is 305 g/mol. The highest BCUT2D eigenvalue weighted by atomic mass is 19.1. The van der Waals surface area contributed by atoms with E-state index >= 15 is 0 Å². The molecule has 0 bridgehead atoms. The van der Waals surface area contributed by atoms with Crippen molar-refractivity contribution < 1.29 is 23.8 Å². The molecule has 0 spiro atoms. The van der Waals surface area contributed by atoms with E-state index in [4.69, 9.17) is 9.84 Å². The molecule has 2 N–H and O–H groups in total. The summed E-state index contributed by atoms with van der Waals surface area (Å²) in [6.45, 7) is 2.56. The fraction of sp³-hybridized carbons (Fsp3) is 0.467. The van der Waals surface area contributed by atoms with Crippen LogP contribution in [0.15, 0.2) is 18.2 Å². The van der Waals surface area contributed by atoms with E-state index in [1.54, 1.807) is 6.07 Å². The lowest BCUT2D eigenvalue weighted by atomic mass is 10.2. The van der Waals surface area contributed by atoms with Gasteiger partial charge in [0.15, 0.2) is 0 Å². The minimum Gasteiger partial charge on any atom is -0.481 e. The Hall–Kier alpha value is -2.35. The number of halogens is 1. The Balaban J connectivity index is 2.02. The van der Waals surface area contributed by atoms with Crippen LogP contribution in [0.3, 0.4) is 0 Å². The topological polar surface area (TPSA) is 82.1 Å². The molecule has 1 aliphatic rings. The van der Waals surface area contributed by atoms with E-state index in [1.807, 2.05) is 4.90 Å². The summed E-state index contributed by atoms with van der Waals surface area (Å²) in [4.78, 5) is 25.7. The maximum absolute atomic E-state index is 13.8. The summed E-state index contributed by atoms with van der Waals surface area (Å²) < 4.78 is 19.1. The van der Waals surface area contributed by atoms with Gasteiger partial charge in [-0.25, -0.2) is 9.18 Å². The maximum atomic E-state index is 13.8. The standard InChI is InChI=1S/C15H20FN3O4/c1-18(3-2-14(20)21)15(22)17-12-8-11(16)9-13(10-12)19-4-6-23-7-5-19/h8-10H,2-7H2,1H3,(H,17,22)(H,20,21). The first-order valence-corrected chi connectivity index (χ1v) is 7.33. The summed E-state index contributed by atoms with van der Waals surface area (Å²) in [5.74, 6) is -1.43. The molecular formula is C15H20FN3O4. The summed E-state index contributed by atoms with van der Waals surface area (Å²) in [5, 5.41) is 11.2. The van der Waals surface area contributed by atoms with Gasteiger partial charge in [0.1, 0.15) is 5.82 Å². The number of ether oxygens (including phenoxy) is 1. The summed E-state index contributed by atoms with van der Waals surface area (Å²) in [5.41, 5.74) is 1.01. The van der Waals surface area contributed by atoms with Crippen LogP contribution in [-0.4, -0.2) is 61.9 Å². The van der Waals surface area contributed by atoms with E-state index in [0.29, 0.717) is 37.7 Å². The number of hydrogen-bond donors (Lipinski definition) is 2. The van der Waals surface area contributed by atoms with Crippen LogP contribution in [0.1, 0.15) is 6.42 Å². The molecule has 0 unspecified atom stereocenters. The number of nitrogens with zero attached hydrogens (tertiary/aromatic N) is 2. The van der Waals surface area contributed by atoms with Crippen LogP contribution < -0.4 is 10.2 Å². The normalized spacial score (nSPS) is 14.4. The molecule has 1 saturated heterocycles. The van der Waals surface area contributed by atoms with Gasteiger partial charge in [0.05, 0.1) is 19.6 Å². The Labute approximate surface area is 133 Å². The van der Waals surface area contributed by atoms with Crippen molar-refractivity contribution in [2.45, 2.75) is 6.42 Å². The molecule has 1 aliphatic heterocycles. The molecule has 2 rings (SSSR count). The van der Waals surface area contributed by atoms with Crippen LogP contribution in [0.2, 0.25) is 0 Å². The number of nitrogens with one attached hydrogen (secondary N) is 1. The lowest BCUT2D eigenvalue weighted by Crippen LogP contribution is -2.36. The number of anilines is 2. The van der Waals surface area contributed by atoms with Crippen molar-refractivity contribution in [2.75, 3.05) is 50.1 Å². The largest absolute Gasteiger partial charge is 0.481 e. The number of hydrogen-bond acceptors (Lipinski definition) is 4. The van der Waals surface area contributed by atoms with Gasteiger partial charge in [0, 0.05) is 38.1 Å². The van der Waals surface area contributed by atoms with Gasteiger partial charge in [-0.15, -0.1) is 0 Å². The maximum Gasteiger partial charge on any atom is 0.321 e. The van der Waals surface area contributed by atoms with Crippen LogP contribution in [0.4, 0.5) is 20.6 Å². The Kier molecular flexibility index (Phi) is 5.75. The van der Waals surface area contributed by atoms with Crippen LogP contribution >= 0.6 is 0 Å². The average molecular weight is 325 g/mol. The zero-order valence-electron chi connectivity index (χ0n) is 12.9. The van der Waals surface area contributed by atoms with Crippen molar-refractivity contribution in [1.82, 2.24) is 4.90 Å². The van der Waals surface area contributed by atoms with Crippen molar-refractivity contribution >= 4 is 23.4 Å². The second kappa shape index (κ2) is 7.77. The van der Waals surface area contributed by atoms with Gasteiger partial charge in [-0.1, -0.05) is 0 Å². The molecule has 1 heterocycles. The molecule has 1 fully saturated rings. The molecule has 0 atom stereocenters. The molecule has 23 heavy (non-hydrogen) atoms. The second-order valence-electron chi connectivity index (χ2n) is 5.29. The van der Waals surface area contributed by atoms with E-state index in [-0.39, 0.29) is 13.0 Å². The zero-order chi connectivity index (χ0) is 16.8. The first-order valence-electron chi connectivity index (χ1n) is 7.33. The SMILES string of the molecule is CN(CCC(=O)O)C(=O)Nc1cc(F)cc(N2CCOCC2)c1. The summed E-state index contributed by atoms with van der Waals surface area (Å²) in [7, 11) is 1.49. The third-order valence-corrected chi connectivity index (χ3v) is 3.52. The highest BCUT2D eigenvalue weighted by molar-refractivity contribution is 5.90. The summed E-state index contributed by atoms with van der Waals surface area (Å²) in [6.07, 6.45) is -0.147. The van der Waals surface area contributed by atoms with Gasteiger partial charge in [-0.2, -0.15) is 0 Å². The van der Waals surface area contributed by atoms with Gasteiger partial charge < -0.3 is 25.0 Å². The van der Waals surface area contributed by atoms with Gasteiger partial charge in [-0.05, 0) is 18.2 Å². The summed E-state index contributed by atoms with van der Waals surface area (Å²) in [6, 6.07) is 3.85. The van der Waals surface area contributed by atoms with E-state index in [2.05, 4.69) is 5.32 Å². The van der Waals surface area contributed by atoms with Crippen molar-refractivity contribution in [3.05, 3.63) is 24.0 Å². The highest BCUT2D eigenvalue weighted by Crippen LogP contribution is 2.23. The third-order valence-electron chi connectivity index (χ3n) is 3.52. The minimum atomic E-state index is -0.981. The number of morpholine rings is 1. The molecule has 0 aromatic heterocycles. The number of carboxylic acid groups (broad SMARTS) is 1. The van der Waals surface area contributed by atoms with Crippen LogP contribution in [0.5, 0.6) is 0 Å². The first kappa shape index (κ1) is 17.0. The van der Waals surface area contributed by atoms with Crippen LogP contribution in [0.25, 0.3) is 0 Å². The van der Waals surface area contributed by atoms with E-state index < -0.39 is 17.8 Å². The second-order valence-corrected chi connectivity index (χ2v) is 5.29. The molecule has 8 heteroatoms. The fourth-order valence-corrected chi connectivity index (χ4v) is 2.23. The fourth-order valence-electron chi connectivity index (χ4n) is 2.23. The Morgan fingerprint density at radius 1 is 1.35 bits per heavy atom. The summed E-state index contributed by atoms with van der Waals surface area (Å²) >= 11 is 0. The molecule has 2 amide bonds. The van der Waals surface area contributed by atoms with Crippen molar-refractivity contribution in [2.24, 2.45) is 0 Å². The Morgan fingerprint density at radius 2 is 2.04 bits per heavy atom. The molecule has 1 aromatic rings. The number of urea groups is 1. The Bertz CT molecular complexity index is 576. The smallest absolute Gasteiger partial charge is 0.321 e. The van der Waals surface area contributed by atoms with Crippen LogP contribution in [-0.2, 0) is 9.53 Å². The number of aliphatic carboxylic acids is 1. The first-order chi connectivity index (χ1) is 11.0. The van der Waals surface area contributed by atoms with Crippen molar-refractivity contribution in [3.8, 4) is 0 Å². The average Bonchev–Trinajstić information content (AvgIpc) is 2.52. The van der Waals surface area contributed by atoms with Gasteiger partial charge in [0.2, 0.25) is 0 Å². The predicted molar refractivity (Wildman–Crippen MR) is 83.3 cm³/mol.